The zero-order valence-corrected chi connectivity index (χ0v) is 7.23. The Morgan fingerprint density at radius 3 is 2.71 bits per heavy atom. The van der Waals surface area contributed by atoms with Crippen molar-refractivity contribution in [1.82, 2.24) is 4.90 Å². The predicted molar refractivity (Wildman–Crippen MR) is 44.1 cm³/mol. The summed E-state index contributed by atoms with van der Waals surface area (Å²) in [7, 11) is 0. The number of carbonyl (C=O) groups is 2. The molecule has 0 atom stereocenters. The normalized spacial score (nSPS) is 15.9. The van der Waals surface area contributed by atoms with Crippen molar-refractivity contribution in [2.24, 2.45) is 0 Å². The van der Waals surface area contributed by atoms with E-state index in [0.717, 1.165) is 4.90 Å². The SMILES string of the molecule is N#CCCN1CC(C(=O)O)=C(O)C1=O. The summed E-state index contributed by atoms with van der Waals surface area (Å²) in [5.74, 6) is -2.76. The number of amides is 1. The Morgan fingerprint density at radius 1 is 1.64 bits per heavy atom. The summed E-state index contributed by atoms with van der Waals surface area (Å²) in [6.45, 7) is -0.00213. The Morgan fingerprint density at radius 2 is 2.29 bits per heavy atom. The second-order valence-electron chi connectivity index (χ2n) is 2.77. The largest absolute Gasteiger partial charge is 0.503 e. The first-order valence-electron chi connectivity index (χ1n) is 3.89. The molecule has 2 N–H and O–H groups in total. The van der Waals surface area contributed by atoms with E-state index >= 15 is 0 Å². The zero-order chi connectivity index (χ0) is 10.7. The highest BCUT2D eigenvalue weighted by Gasteiger charge is 2.33. The molecule has 0 aromatic heterocycles. The number of aliphatic hydroxyl groups is 1. The minimum absolute atomic E-state index is 0.117. The van der Waals surface area contributed by atoms with Crippen molar-refractivity contribution in [2.75, 3.05) is 13.1 Å². The molecule has 1 amide bonds. The van der Waals surface area contributed by atoms with Gasteiger partial charge in [-0.15, -0.1) is 0 Å². The van der Waals surface area contributed by atoms with E-state index in [4.69, 9.17) is 15.5 Å². The van der Waals surface area contributed by atoms with E-state index in [1.165, 1.54) is 0 Å². The van der Waals surface area contributed by atoms with Gasteiger partial charge in [0, 0.05) is 6.54 Å². The zero-order valence-electron chi connectivity index (χ0n) is 7.23. The molecule has 0 spiro atoms. The van der Waals surface area contributed by atoms with Crippen molar-refractivity contribution in [3.05, 3.63) is 11.3 Å². The number of carboxylic acid groups (broad SMARTS) is 1. The third-order valence-corrected chi connectivity index (χ3v) is 1.88. The van der Waals surface area contributed by atoms with Crippen molar-refractivity contribution in [2.45, 2.75) is 6.42 Å². The maximum atomic E-state index is 11.2. The number of nitrogens with zero attached hydrogens (tertiary/aromatic N) is 2. The molecule has 1 aliphatic heterocycles. The first-order valence-corrected chi connectivity index (χ1v) is 3.89. The van der Waals surface area contributed by atoms with Gasteiger partial charge in [0.25, 0.3) is 5.91 Å². The third-order valence-electron chi connectivity index (χ3n) is 1.88. The van der Waals surface area contributed by atoms with Crippen LogP contribution in [0.5, 0.6) is 0 Å². The van der Waals surface area contributed by atoms with Gasteiger partial charge < -0.3 is 15.1 Å². The molecule has 1 rings (SSSR count). The standard InChI is InChI=1S/C8H8N2O4/c9-2-1-3-10-4-5(8(13)14)6(11)7(10)12/h11H,1,3-4H2,(H,13,14). The van der Waals surface area contributed by atoms with E-state index in [-0.39, 0.29) is 25.1 Å². The van der Waals surface area contributed by atoms with Crippen LogP contribution < -0.4 is 0 Å². The van der Waals surface area contributed by atoms with Crippen LogP contribution in [0.15, 0.2) is 11.3 Å². The van der Waals surface area contributed by atoms with Gasteiger partial charge in [0.05, 0.1) is 19.0 Å². The molecule has 0 aromatic rings. The molecule has 1 heterocycles. The molecule has 0 bridgehead atoms. The number of aliphatic carboxylic acids is 1. The first kappa shape index (κ1) is 10.1. The quantitative estimate of drug-likeness (QED) is 0.641. The summed E-state index contributed by atoms with van der Waals surface area (Å²) < 4.78 is 0. The summed E-state index contributed by atoms with van der Waals surface area (Å²) in [6, 6.07) is 1.83. The fraction of sp³-hybridized carbons (Fsp3) is 0.375. The van der Waals surface area contributed by atoms with Crippen molar-refractivity contribution in [1.29, 1.82) is 5.26 Å². The lowest BCUT2D eigenvalue weighted by molar-refractivity contribution is -0.133. The van der Waals surface area contributed by atoms with Gasteiger partial charge in [0.2, 0.25) is 0 Å². The van der Waals surface area contributed by atoms with Crippen LogP contribution in [0.25, 0.3) is 0 Å². The summed E-state index contributed by atoms with van der Waals surface area (Å²) in [6.07, 6.45) is 0.117. The minimum Gasteiger partial charge on any atom is -0.503 e. The lowest BCUT2D eigenvalue weighted by atomic mass is 10.3. The number of nitriles is 1. The number of carboxylic acids is 1. The van der Waals surface area contributed by atoms with Gasteiger partial charge in [0.15, 0.2) is 5.76 Å². The van der Waals surface area contributed by atoms with Gasteiger partial charge in [-0.1, -0.05) is 0 Å². The fourth-order valence-corrected chi connectivity index (χ4v) is 1.15. The van der Waals surface area contributed by atoms with Gasteiger partial charge in [-0.05, 0) is 0 Å². The van der Waals surface area contributed by atoms with Crippen LogP contribution in [-0.4, -0.2) is 40.1 Å². The Balaban J connectivity index is 2.73. The molecular weight excluding hydrogens is 188 g/mol. The van der Waals surface area contributed by atoms with E-state index in [1.807, 2.05) is 6.07 Å². The van der Waals surface area contributed by atoms with E-state index in [1.54, 1.807) is 0 Å². The van der Waals surface area contributed by atoms with Crippen LogP contribution in [0.4, 0.5) is 0 Å². The van der Waals surface area contributed by atoms with Crippen molar-refractivity contribution < 1.29 is 19.8 Å². The summed E-state index contributed by atoms with van der Waals surface area (Å²) >= 11 is 0. The maximum Gasteiger partial charge on any atom is 0.337 e. The third kappa shape index (κ3) is 1.66. The van der Waals surface area contributed by atoms with Gasteiger partial charge in [-0.25, -0.2) is 4.79 Å². The lowest BCUT2D eigenvalue weighted by Crippen LogP contribution is -2.28. The molecule has 0 aliphatic carbocycles. The molecular formula is C8H8N2O4. The van der Waals surface area contributed by atoms with Crippen molar-refractivity contribution in [3.63, 3.8) is 0 Å². The van der Waals surface area contributed by atoms with Gasteiger partial charge in [0.1, 0.15) is 5.57 Å². The van der Waals surface area contributed by atoms with Crippen LogP contribution in [0.1, 0.15) is 6.42 Å². The topological polar surface area (TPSA) is 102 Å². The van der Waals surface area contributed by atoms with Crippen molar-refractivity contribution in [3.8, 4) is 6.07 Å². The van der Waals surface area contributed by atoms with Crippen LogP contribution >= 0.6 is 0 Å². The Labute approximate surface area is 79.7 Å². The molecule has 0 radical (unpaired) electrons. The first-order chi connectivity index (χ1) is 6.57. The second-order valence-corrected chi connectivity index (χ2v) is 2.77. The lowest BCUT2D eigenvalue weighted by Gasteiger charge is -2.12. The van der Waals surface area contributed by atoms with Crippen LogP contribution in [-0.2, 0) is 9.59 Å². The highest BCUT2D eigenvalue weighted by atomic mass is 16.4. The van der Waals surface area contributed by atoms with E-state index < -0.39 is 17.6 Å². The molecule has 0 unspecified atom stereocenters. The Kier molecular flexibility index (Phi) is 2.72. The molecule has 0 fully saturated rings. The number of rotatable bonds is 3. The van der Waals surface area contributed by atoms with Gasteiger partial charge >= 0.3 is 5.97 Å². The molecule has 0 saturated heterocycles. The molecule has 6 nitrogen and oxygen atoms in total. The van der Waals surface area contributed by atoms with E-state index in [2.05, 4.69) is 0 Å². The highest BCUT2D eigenvalue weighted by molar-refractivity contribution is 6.04. The maximum absolute atomic E-state index is 11.2. The van der Waals surface area contributed by atoms with Gasteiger partial charge in [-0.3, -0.25) is 4.79 Å². The monoisotopic (exact) mass is 196 g/mol. The summed E-state index contributed by atoms with van der Waals surface area (Å²) in [5.41, 5.74) is -0.312. The molecule has 1 aliphatic rings. The van der Waals surface area contributed by atoms with E-state index in [0.29, 0.717) is 0 Å². The number of carbonyl (C=O) groups excluding carboxylic acids is 1. The smallest absolute Gasteiger partial charge is 0.337 e. The number of hydrogen-bond acceptors (Lipinski definition) is 4. The number of aliphatic hydroxyl groups excluding tert-OH is 1. The second kappa shape index (κ2) is 3.79. The summed E-state index contributed by atoms with van der Waals surface area (Å²) in [4.78, 5) is 22.8. The molecule has 0 aromatic carbocycles. The minimum atomic E-state index is -1.31. The van der Waals surface area contributed by atoms with Gasteiger partial charge in [-0.2, -0.15) is 5.26 Å². The number of hydrogen-bond donors (Lipinski definition) is 2. The molecule has 14 heavy (non-hydrogen) atoms. The van der Waals surface area contributed by atoms with Crippen molar-refractivity contribution >= 4 is 11.9 Å². The average Bonchev–Trinajstić information content (AvgIpc) is 2.42. The Hall–Kier alpha value is -2.03. The summed E-state index contributed by atoms with van der Waals surface area (Å²) in [5, 5.41) is 26.0. The average molecular weight is 196 g/mol. The predicted octanol–water partition coefficient (Wildman–Crippen LogP) is -0.361. The highest BCUT2D eigenvalue weighted by Crippen LogP contribution is 2.16. The fourth-order valence-electron chi connectivity index (χ4n) is 1.15. The molecule has 74 valence electrons. The molecule has 6 heteroatoms. The molecule has 0 saturated carbocycles. The van der Waals surface area contributed by atoms with Crippen LogP contribution in [0, 0.1) is 11.3 Å². The van der Waals surface area contributed by atoms with Crippen LogP contribution in [0.3, 0.4) is 0 Å². The van der Waals surface area contributed by atoms with E-state index in [9.17, 15) is 9.59 Å². The van der Waals surface area contributed by atoms with Crippen LogP contribution in [0.2, 0.25) is 0 Å². The Bertz CT molecular complexity index is 353.